The zero-order valence-corrected chi connectivity index (χ0v) is 16.8. The lowest BCUT2D eigenvalue weighted by molar-refractivity contribution is 0.842. The molecule has 0 saturated heterocycles. The summed E-state index contributed by atoms with van der Waals surface area (Å²) in [5.74, 6) is 0.563. The summed E-state index contributed by atoms with van der Waals surface area (Å²) in [6.45, 7) is 6.93. The summed E-state index contributed by atoms with van der Waals surface area (Å²) >= 11 is 0. The molecular weight excluding hydrogens is 336 g/mol. The van der Waals surface area contributed by atoms with Gasteiger partial charge < -0.3 is 0 Å². The van der Waals surface area contributed by atoms with E-state index in [1.807, 2.05) is 0 Å². The van der Waals surface area contributed by atoms with Crippen LogP contribution < -0.4 is 0 Å². The molecule has 136 valence electrons. The SMILES string of the molecule is Cc1ccc2c(c1C(C)C)Cc1ccc3c(c1-2)-c1cc2ccccc2cc1C3. The Bertz CT molecular complexity index is 1290. The van der Waals surface area contributed by atoms with E-state index in [2.05, 4.69) is 81.4 Å². The van der Waals surface area contributed by atoms with Crippen molar-refractivity contribution in [3.05, 3.63) is 94.0 Å². The van der Waals surface area contributed by atoms with E-state index in [1.54, 1.807) is 11.1 Å². The molecule has 0 fully saturated rings. The Morgan fingerprint density at radius 2 is 1.36 bits per heavy atom. The van der Waals surface area contributed by atoms with E-state index < -0.39 is 0 Å². The van der Waals surface area contributed by atoms with Gasteiger partial charge in [0, 0.05) is 0 Å². The third kappa shape index (κ3) is 2.06. The van der Waals surface area contributed by atoms with Crippen molar-refractivity contribution in [2.24, 2.45) is 0 Å². The van der Waals surface area contributed by atoms with Gasteiger partial charge in [0.1, 0.15) is 0 Å². The van der Waals surface area contributed by atoms with E-state index in [4.69, 9.17) is 0 Å². The molecule has 2 aliphatic carbocycles. The lowest BCUT2D eigenvalue weighted by Crippen LogP contribution is -1.98. The molecule has 4 aromatic carbocycles. The van der Waals surface area contributed by atoms with Crippen LogP contribution in [0.15, 0.2) is 60.7 Å². The van der Waals surface area contributed by atoms with E-state index in [1.165, 1.54) is 55.3 Å². The molecule has 0 radical (unpaired) electrons. The average molecular weight is 361 g/mol. The quantitative estimate of drug-likeness (QED) is 0.286. The summed E-state index contributed by atoms with van der Waals surface area (Å²) in [5, 5.41) is 2.69. The van der Waals surface area contributed by atoms with Crippen LogP contribution in [0.1, 0.15) is 53.1 Å². The Morgan fingerprint density at radius 1 is 0.679 bits per heavy atom. The van der Waals surface area contributed by atoms with Crippen LogP contribution in [-0.2, 0) is 12.8 Å². The highest BCUT2D eigenvalue weighted by Crippen LogP contribution is 2.51. The van der Waals surface area contributed by atoms with Gasteiger partial charge in [0.05, 0.1) is 0 Å². The number of rotatable bonds is 1. The maximum Gasteiger partial charge on any atom is -0.00103 e. The summed E-state index contributed by atoms with van der Waals surface area (Å²) in [4.78, 5) is 0. The van der Waals surface area contributed by atoms with Crippen LogP contribution in [0.5, 0.6) is 0 Å². The maximum absolute atomic E-state index is 2.42. The Morgan fingerprint density at radius 3 is 2.11 bits per heavy atom. The highest BCUT2D eigenvalue weighted by atomic mass is 14.3. The number of hydrogen-bond donors (Lipinski definition) is 0. The van der Waals surface area contributed by atoms with Crippen LogP contribution in [0.4, 0.5) is 0 Å². The van der Waals surface area contributed by atoms with Crippen LogP contribution >= 0.6 is 0 Å². The molecule has 0 nitrogen and oxygen atoms in total. The highest BCUT2D eigenvalue weighted by Gasteiger charge is 2.30. The molecule has 0 bridgehead atoms. The molecule has 2 aliphatic rings. The molecule has 0 heteroatoms. The van der Waals surface area contributed by atoms with Crippen LogP contribution in [0.3, 0.4) is 0 Å². The van der Waals surface area contributed by atoms with Crippen molar-refractivity contribution in [3.63, 3.8) is 0 Å². The van der Waals surface area contributed by atoms with Gasteiger partial charge in [-0.15, -0.1) is 0 Å². The number of aryl methyl sites for hydroxylation is 1. The summed E-state index contributed by atoms with van der Waals surface area (Å²) < 4.78 is 0. The third-order valence-corrected chi connectivity index (χ3v) is 6.79. The van der Waals surface area contributed by atoms with Crippen LogP contribution in [0.2, 0.25) is 0 Å². The van der Waals surface area contributed by atoms with Crippen molar-refractivity contribution in [2.75, 3.05) is 0 Å². The minimum Gasteiger partial charge on any atom is -0.0616 e. The summed E-state index contributed by atoms with van der Waals surface area (Å²) in [6, 6.07) is 23.1. The van der Waals surface area contributed by atoms with E-state index in [9.17, 15) is 0 Å². The van der Waals surface area contributed by atoms with Crippen molar-refractivity contribution in [3.8, 4) is 22.3 Å². The molecule has 0 aromatic heterocycles. The fourth-order valence-electron chi connectivity index (χ4n) is 5.67. The van der Waals surface area contributed by atoms with Gasteiger partial charge in [-0.05, 0) is 98.2 Å². The van der Waals surface area contributed by atoms with Gasteiger partial charge in [0.25, 0.3) is 0 Å². The fraction of sp³-hybridized carbons (Fsp3) is 0.214. The van der Waals surface area contributed by atoms with Crippen molar-refractivity contribution in [1.82, 2.24) is 0 Å². The monoisotopic (exact) mass is 360 g/mol. The average Bonchev–Trinajstić information content (AvgIpc) is 3.22. The lowest BCUT2D eigenvalue weighted by atomic mass is 9.88. The zero-order chi connectivity index (χ0) is 19.0. The van der Waals surface area contributed by atoms with Crippen LogP contribution in [-0.4, -0.2) is 0 Å². The third-order valence-electron chi connectivity index (χ3n) is 6.79. The topological polar surface area (TPSA) is 0 Å². The molecular formula is C28H24. The molecule has 0 N–H and O–H groups in total. The second-order valence-corrected chi connectivity index (χ2v) is 8.82. The van der Waals surface area contributed by atoms with Crippen molar-refractivity contribution >= 4 is 10.8 Å². The number of benzene rings is 4. The van der Waals surface area contributed by atoms with Crippen molar-refractivity contribution in [2.45, 2.75) is 39.5 Å². The Hall–Kier alpha value is -2.86. The lowest BCUT2D eigenvalue weighted by Gasteiger charge is -2.16. The van der Waals surface area contributed by atoms with E-state index in [0.717, 1.165) is 12.8 Å². The van der Waals surface area contributed by atoms with Gasteiger partial charge in [-0.2, -0.15) is 0 Å². The first-order chi connectivity index (χ1) is 13.6. The van der Waals surface area contributed by atoms with Gasteiger partial charge in [-0.3, -0.25) is 0 Å². The Balaban J connectivity index is 1.66. The largest absolute Gasteiger partial charge is 0.0616 e. The Kier molecular flexibility index (Phi) is 3.21. The first kappa shape index (κ1) is 16.1. The second kappa shape index (κ2) is 5.58. The maximum atomic E-state index is 2.42. The smallest absolute Gasteiger partial charge is 0.00103 e. The minimum absolute atomic E-state index is 0.563. The Labute approximate surface area is 166 Å². The minimum atomic E-state index is 0.563. The first-order valence-corrected chi connectivity index (χ1v) is 10.4. The summed E-state index contributed by atoms with van der Waals surface area (Å²) in [6.07, 6.45) is 2.14. The summed E-state index contributed by atoms with van der Waals surface area (Å²) in [7, 11) is 0. The van der Waals surface area contributed by atoms with Crippen molar-refractivity contribution < 1.29 is 0 Å². The van der Waals surface area contributed by atoms with Crippen molar-refractivity contribution in [1.29, 1.82) is 0 Å². The highest BCUT2D eigenvalue weighted by molar-refractivity contribution is 5.99. The predicted octanol–water partition coefficient (Wildman–Crippen LogP) is 7.41. The van der Waals surface area contributed by atoms with E-state index in [0.29, 0.717) is 5.92 Å². The molecule has 0 aliphatic heterocycles. The molecule has 0 atom stereocenters. The predicted molar refractivity (Wildman–Crippen MR) is 119 cm³/mol. The van der Waals surface area contributed by atoms with Gasteiger partial charge in [-0.25, -0.2) is 0 Å². The molecule has 0 saturated carbocycles. The van der Waals surface area contributed by atoms with Crippen LogP contribution in [0.25, 0.3) is 33.0 Å². The number of hydrogen-bond acceptors (Lipinski definition) is 0. The zero-order valence-electron chi connectivity index (χ0n) is 16.8. The molecule has 28 heavy (non-hydrogen) atoms. The van der Waals surface area contributed by atoms with E-state index in [-0.39, 0.29) is 0 Å². The normalized spacial score (nSPS) is 13.6. The molecule has 0 spiro atoms. The fourth-order valence-corrected chi connectivity index (χ4v) is 5.67. The molecule has 6 rings (SSSR count). The van der Waals surface area contributed by atoms with Crippen LogP contribution in [0, 0.1) is 6.92 Å². The van der Waals surface area contributed by atoms with Gasteiger partial charge in [0.15, 0.2) is 0 Å². The first-order valence-electron chi connectivity index (χ1n) is 10.4. The number of fused-ring (bicyclic) bond motifs is 8. The molecule has 0 unspecified atom stereocenters. The van der Waals surface area contributed by atoms with E-state index >= 15 is 0 Å². The van der Waals surface area contributed by atoms with Gasteiger partial charge in [0.2, 0.25) is 0 Å². The summed E-state index contributed by atoms with van der Waals surface area (Å²) in [5.41, 5.74) is 14.9. The van der Waals surface area contributed by atoms with Gasteiger partial charge >= 0.3 is 0 Å². The standard InChI is InChI=1S/C28H24/c1-16(2)26-17(3)8-11-23-25(26)15-21-10-9-20-13-22-12-18-6-4-5-7-19(18)14-24(22)28(20)27(21)23/h4-12,14,16H,13,15H2,1-3H3. The van der Waals surface area contributed by atoms with Gasteiger partial charge in [-0.1, -0.05) is 68.4 Å². The molecule has 0 amide bonds. The second-order valence-electron chi connectivity index (χ2n) is 8.82. The molecule has 4 aromatic rings. The molecule has 0 heterocycles.